The Hall–Kier alpha value is -0.910. The number of benzene rings is 1. The number of fused-ring (bicyclic) bond motifs is 1. The fourth-order valence-electron chi connectivity index (χ4n) is 1.26. The van der Waals surface area contributed by atoms with E-state index in [2.05, 4.69) is 4.98 Å². The van der Waals surface area contributed by atoms with Crippen LogP contribution in [0.15, 0.2) is 24.4 Å². The maximum Gasteiger partial charge on any atom is 0.224 e. The van der Waals surface area contributed by atoms with E-state index >= 15 is 0 Å². The zero-order valence-electron chi connectivity index (χ0n) is 6.47. The lowest BCUT2D eigenvalue weighted by Gasteiger charge is -1.91. The molecule has 0 aliphatic rings. The van der Waals surface area contributed by atoms with Crippen molar-refractivity contribution in [2.45, 2.75) is 0 Å². The molecule has 1 aromatic heterocycles. The van der Waals surface area contributed by atoms with Crippen LogP contribution in [0.2, 0.25) is 0 Å². The van der Waals surface area contributed by atoms with E-state index in [1.165, 1.54) is 12.1 Å². The molecule has 1 N–H and O–H groups in total. The minimum Gasteiger partial charge on any atom is -0.360 e. The Morgan fingerprint density at radius 1 is 1.46 bits per heavy atom. The third-order valence-corrected chi connectivity index (χ3v) is 2.44. The zero-order valence-corrected chi connectivity index (χ0v) is 8.63. The maximum absolute atomic E-state index is 12.8. The van der Waals surface area contributed by atoms with Crippen LogP contribution < -0.4 is 0 Å². The van der Waals surface area contributed by atoms with E-state index in [4.69, 9.17) is 0 Å². The monoisotopic (exact) mass is 289 g/mol. The van der Waals surface area contributed by atoms with Crippen LogP contribution in [-0.2, 0) is 0 Å². The fourth-order valence-corrected chi connectivity index (χ4v) is 1.70. The summed E-state index contributed by atoms with van der Waals surface area (Å²) in [6.07, 6.45) is 1.60. The lowest BCUT2D eigenvalue weighted by Crippen LogP contribution is -1.84. The Bertz CT molecular complexity index is 477. The van der Waals surface area contributed by atoms with E-state index in [0.29, 0.717) is 10.9 Å². The van der Waals surface area contributed by atoms with E-state index in [1.54, 1.807) is 34.9 Å². The van der Waals surface area contributed by atoms with Crippen molar-refractivity contribution in [3.05, 3.63) is 35.8 Å². The molecular weight excluding hydrogens is 284 g/mol. The third kappa shape index (κ3) is 1.46. The van der Waals surface area contributed by atoms with Gasteiger partial charge in [-0.3, -0.25) is 4.79 Å². The highest BCUT2D eigenvalue weighted by Gasteiger charge is 2.08. The molecule has 0 saturated heterocycles. The minimum absolute atomic E-state index is 0.0885. The van der Waals surface area contributed by atoms with Crippen molar-refractivity contribution in [3.63, 3.8) is 0 Å². The first-order valence-electron chi connectivity index (χ1n) is 3.65. The van der Waals surface area contributed by atoms with Crippen LogP contribution >= 0.6 is 22.6 Å². The third-order valence-electron chi connectivity index (χ3n) is 1.86. The molecule has 1 heterocycles. The number of hydrogen-bond donors (Lipinski definition) is 1. The summed E-state index contributed by atoms with van der Waals surface area (Å²) in [7, 11) is 0. The molecule has 0 aliphatic heterocycles. The zero-order chi connectivity index (χ0) is 9.42. The smallest absolute Gasteiger partial charge is 0.224 e. The molecule has 13 heavy (non-hydrogen) atoms. The molecule has 0 amide bonds. The van der Waals surface area contributed by atoms with Crippen LogP contribution in [0, 0.1) is 5.82 Å². The van der Waals surface area contributed by atoms with Crippen molar-refractivity contribution in [2.75, 3.05) is 0 Å². The maximum atomic E-state index is 12.8. The SMILES string of the molecule is O=C(I)c1c[nH]c2ccc(F)cc12. The van der Waals surface area contributed by atoms with E-state index in [9.17, 15) is 9.18 Å². The molecule has 0 unspecified atom stereocenters. The lowest BCUT2D eigenvalue weighted by molar-refractivity contribution is 0.110. The molecule has 4 heteroatoms. The van der Waals surface area contributed by atoms with Crippen molar-refractivity contribution in [2.24, 2.45) is 0 Å². The number of carbonyl (C=O) groups excluding carboxylic acids is 1. The highest BCUT2D eigenvalue weighted by atomic mass is 127. The second-order valence-corrected chi connectivity index (χ2v) is 3.65. The van der Waals surface area contributed by atoms with E-state index in [1.807, 2.05) is 0 Å². The van der Waals surface area contributed by atoms with E-state index in [0.717, 1.165) is 5.52 Å². The van der Waals surface area contributed by atoms with Gasteiger partial charge in [0.05, 0.1) is 5.56 Å². The first-order valence-corrected chi connectivity index (χ1v) is 4.73. The second-order valence-electron chi connectivity index (χ2n) is 2.67. The highest BCUT2D eigenvalue weighted by Crippen LogP contribution is 2.21. The van der Waals surface area contributed by atoms with Gasteiger partial charge >= 0.3 is 0 Å². The summed E-state index contributed by atoms with van der Waals surface area (Å²) in [6, 6.07) is 4.34. The summed E-state index contributed by atoms with van der Waals surface area (Å²) in [5.41, 5.74) is 1.30. The van der Waals surface area contributed by atoms with Crippen molar-refractivity contribution in [1.29, 1.82) is 0 Å². The summed E-state index contributed by atoms with van der Waals surface area (Å²) in [4.78, 5) is 14.0. The van der Waals surface area contributed by atoms with Gasteiger partial charge in [0.1, 0.15) is 5.82 Å². The van der Waals surface area contributed by atoms with E-state index < -0.39 is 0 Å². The van der Waals surface area contributed by atoms with Crippen LogP contribution in [0.5, 0.6) is 0 Å². The number of rotatable bonds is 1. The average Bonchev–Trinajstić information content (AvgIpc) is 2.46. The summed E-state index contributed by atoms with van der Waals surface area (Å²) < 4.78 is 12.7. The number of aromatic nitrogens is 1. The number of halogens is 2. The Balaban J connectivity index is 2.79. The molecule has 0 radical (unpaired) electrons. The highest BCUT2D eigenvalue weighted by molar-refractivity contribution is 14.1. The van der Waals surface area contributed by atoms with Gasteiger partial charge in [0.25, 0.3) is 0 Å². The van der Waals surface area contributed by atoms with Gasteiger partial charge in [-0.15, -0.1) is 0 Å². The largest absolute Gasteiger partial charge is 0.360 e. The first-order chi connectivity index (χ1) is 6.18. The standard InChI is InChI=1S/C9H5FINO/c10-5-1-2-8-6(3-5)7(4-12-8)9(11)13/h1-4,12H. The van der Waals surface area contributed by atoms with Crippen LogP contribution in [0.25, 0.3) is 10.9 Å². The Morgan fingerprint density at radius 3 is 2.92 bits per heavy atom. The van der Waals surface area contributed by atoms with Crippen LogP contribution in [0.4, 0.5) is 4.39 Å². The van der Waals surface area contributed by atoms with Gasteiger partial charge < -0.3 is 4.98 Å². The van der Waals surface area contributed by atoms with Crippen molar-refractivity contribution in [3.8, 4) is 0 Å². The average molecular weight is 289 g/mol. The van der Waals surface area contributed by atoms with Gasteiger partial charge in [0.2, 0.25) is 3.79 Å². The number of H-pyrrole nitrogens is 1. The molecule has 66 valence electrons. The number of carbonyl (C=O) groups is 1. The molecule has 0 fully saturated rings. The van der Waals surface area contributed by atoms with Gasteiger partial charge in [-0.1, -0.05) is 0 Å². The summed E-state index contributed by atoms with van der Waals surface area (Å²) in [5.74, 6) is -0.328. The molecule has 0 bridgehead atoms. The molecule has 2 rings (SSSR count). The predicted octanol–water partition coefficient (Wildman–Crippen LogP) is 2.88. The lowest BCUT2D eigenvalue weighted by atomic mass is 10.2. The molecule has 0 spiro atoms. The molecule has 2 nitrogen and oxygen atoms in total. The number of nitrogens with one attached hydrogen (secondary N) is 1. The normalized spacial score (nSPS) is 10.6. The van der Waals surface area contributed by atoms with Gasteiger partial charge in [0, 0.05) is 39.7 Å². The Labute approximate surface area is 87.3 Å². The van der Waals surface area contributed by atoms with Crippen molar-refractivity contribution in [1.82, 2.24) is 4.98 Å². The Morgan fingerprint density at radius 2 is 2.23 bits per heavy atom. The minimum atomic E-state index is -0.328. The number of aromatic amines is 1. The summed E-state index contributed by atoms with van der Waals surface area (Å²) >= 11 is 1.68. The van der Waals surface area contributed by atoms with Gasteiger partial charge in [-0.25, -0.2) is 4.39 Å². The number of hydrogen-bond acceptors (Lipinski definition) is 1. The topological polar surface area (TPSA) is 32.9 Å². The van der Waals surface area contributed by atoms with Gasteiger partial charge in [-0.2, -0.15) is 0 Å². The fraction of sp³-hybridized carbons (Fsp3) is 0. The quantitative estimate of drug-likeness (QED) is 0.635. The van der Waals surface area contributed by atoms with Gasteiger partial charge in [0.15, 0.2) is 0 Å². The molecule has 1 aromatic carbocycles. The van der Waals surface area contributed by atoms with Crippen LogP contribution in [-0.4, -0.2) is 8.77 Å². The van der Waals surface area contributed by atoms with Crippen molar-refractivity contribution < 1.29 is 9.18 Å². The molecule has 0 atom stereocenters. The first kappa shape index (κ1) is 8.68. The summed E-state index contributed by atoms with van der Waals surface area (Å²) in [5, 5.41) is 0.638. The summed E-state index contributed by atoms with van der Waals surface area (Å²) in [6.45, 7) is 0. The predicted molar refractivity (Wildman–Crippen MR) is 56.6 cm³/mol. The second kappa shape index (κ2) is 3.10. The molecule has 0 aliphatic carbocycles. The molecule has 2 aromatic rings. The molecule has 0 saturated carbocycles. The van der Waals surface area contributed by atoms with Crippen LogP contribution in [0.1, 0.15) is 10.4 Å². The van der Waals surface area contributed by atoms with Gasteiger partial charge in [-0.05, 0) is 18.2 Å². The Kier molecular flexibility index (Phi) is 2.07. The van der Waals surface area contributed by atoms with E-state index in [-0.39, 0.29) is 9.61 Å². The van der Waals surface area contributed by atoms with Crippen molar-refractivity contribution >= 4 is 37.3 Å². The molecular formula is C9H5FINO. The van der Waals surface area contributed by atoms with Crippen LogP contribution in [0.3, 0.4) is 0 Å².